The van der Waals surface area contributed by atoms with E-state index in [0.717, 1.165) is 16.8 Å². The Morgan fingerprint density at radius 3 is 2.62 bits per heavy atom. The minimum atomic E-state index is -4.94. The number of nitrogens with one attached hydrogen (secondary N) is 3. The zero-order valence-electron chi connectivity index (χ0n) is 15.9. The average Bonchev–Trinajstić information content (AvgIpc) is 3.27. The molecule has 0 unspecified atom stereocenters. The Bertz CT molecular complexity index is 1310. The summed E-state index contributed by atoms with van der Waals surface area (Å²) in [7, 11) is -4.94. The van der Waals surface area contributed by atoms with E-state index in [1.54, 1.807) is 0 Å². The summed E-state index contributed by atoms with van der Waals surface area (Å²) in [5.74, 6) is 0.0783. The van der Waals surface area contributed by atoms with Crippen LogP contribution >= 0.6 is 7.82 Å². The van der Waals surface area contributed by atoms with Gasteiger partial charge in [-0.05, 0) is 0 Å². The van der Waals surface area contributed by atoms with Gasteiger partial charge in [-0.3, -0.25) is 28.6 Å². The number of nitrogens with two attached hydrogens (primary N) is 1. The van der Waals surface area contributed by atoms with Crippen LogP contribution in [0.3, 0.4) is 0 Å². The highest BCUT2D eigenvalue weighted by Gasteiger charge is 2.48. The van der Waals surface area contributed by atoms with Gasteiger partial charge in [0.1, 0.15) is 18.3 Å². The first kappa shape index (κ1) is 23.5. The van der Waals surface area contributed by atoms with Crippen LogP contribution in [0.4, 0.5) is 5.95 Å². The van der Waals surface area contributed by atoms with Gasteiger partial charge in [0.2, 0.25) is 5.95 Å². The maximum atomic E-state index is 11.6. The fourth-order valence-electron chi connectivity index (χ4n) is 2.87. The number of nitrogen functional groups attached to an aromatic ring is 1. The van der Waals surface area contributed by atoms with Crippen molar-refractivity contribution in [2.75, 3.05) is 12.3 Å². The van der Waals surface area contributed by atoms with E-state index in [1.807, 2.05) is 4.98 Å². The average molecular weight is 475 g/mol. The molecular formula is C14H18N7O10P. The number of phosphoric ester groups is 1. The zero-order valence-corrected chi connectivity index (χ0v) is 16.7. The molecule has 174 valence electrons. The Morgan fingerprint density at radius 2 is 2.00 bits per heavy atom. The molecule has 0 saturated carbocycles. The van der Waals surface area contributed by atoms with E-state index in [4.69, 9.17) is 25.4 Å². The molecule has 1 fully saturated rings. The molecule has 9 N–H and O–H groups in total. The van der Waals surface area contributed by atoms with Gasteiger partial charge in [-0.15, -0.1) is 0 Å². The first-order valence-electron chi connectivity index (χ1n) is 8.69. The van der Waals surface area contributed by atoms with Crippen LogP contribution in [-0.4, -0.2) is 74.4 Å². The lowest BCUT2D eigenvalue weighted by Crippen LogP contribution is -2.38. The third-order valence-electron chi connectivity index (χ3n) is 4.19. The Kier molecular flexibility index (Phi) is 6.70. The number of aliphatic hydroxyl groups excluding tert-OH is 2. The third-order valence-corrected chi connectivity index (χ3v) is 4.71. The first-order valence-corrected chi connectivity index (χ1v) is 10.2. The molecule has 1 saturated heterocycles. The number of rotatable bonds is 4. The van der Waals surface area contributed by atoms with E-state index in [2.05, 4.69) is 24.5 Å². The number of anilines is 1. The Labute approximate surface area is 175 Å². The van der Waals surface area contributed by atoms with Gasteiger partial charge >= 0.3 is 13.5 Å². The number of aromatic amines is 3. The van der Waals surface area contributed by atoms with Crippen molar-refractivity contribution in [1.29, 1.82) is 0 Å². The fraction of sp³-hybridized carbons (Fsp3) is 0.357. The SMILES string of the molecule is Nc1nc2nc[nH]c2c(=O)[nH]1.O=c1ccn([C@@H]2O[C@H](CO)[C@@H](OP(=O)(O)O)[C@H]2O)c(=O)[nH]1. The molecule has 0 amide bonds. The molecule has 0 aliphatic carbocycles. The molecular weight excluding hydrogens is 457 g/mol. The summed E-state index contributed by atoms with van der Waals surface area (Å²) in [6.07, 6.45) is -3.37. The maximum Gasteiger partial charge on any atom is 0.470 e. The molecule has 0 aromatic carbocycles. The van der Waals surface area contributed by atoms with Gasteiger partial charge < -0.3 is 35.5 Å². The Hall–Kier alpha value is -3.18. The van der Waals surface area contributed by atoms with Crippen LogP contribution in [-0.2, 0) is 13.8 Å². The first-order chi connectivity index (χ1) is 15.0. The Morgan fingerprint density at radius 1 is 1.28 bits per heavy atom. The number of hydrogen-bond donors (Lipinski definition) is 8. The molecule has 32 heavy (non-hydrogen) atoms. The van der Waals surface area contributed by atoms with Crippen molar-refractivity contribution in [2.24, 2.45) is 0 Å². The molecule has 4 heterocycles. The van der Waals surface area contributed by atoms with E-state index in [-0.39, 0.29) is 11.5 Å². The molecule has 1 aliphatic heterocycles. The lowest BCUT2D eigenvalue weighted by atomic mass is 10.1. The maximum absolute atomic E-state index is 11.6. The smallest absolute Gasteiger partial charge is 0.394 e. The van der Waals surface area contributed by atoms with Gasteiger partial charge in [0, 0.05) is 12.3 Å². The molecule has 4 rings (SSSR count). The second kappa shape index (κ2) is 9.13. The minimum Gasteiger partial charge on any atom is -0.394 e. The van der Waals surface area contributed by atoms with Crippen molar-refractivity contribution in [3.63, 3.8) is 0 Å². The quantitative estimate of drug-likeness (QED) is 0.170. The van der Waals surface area contributed by atoms with Crippen LogP contribution in [0.15, 0.2) is 33.0 Å². The molecule has 1 aliphatic rings. The summed E-state index contributed by atoms with van der Waals surface area (Å²) in [5, 5.41) is 19.1. The standard InChI is InChI=1S/C9H13N2O9P.C5H5N5O/c12-3-4-7(20-21(16,17)18)6(14)8(19-4)11-2-1-5(13)10-9(11)15;6-5-9-3-2(4(11)10-5)7-1-8-3/h1-2,4,6-8,12,14H,3H2,(H,10,13,15)(H2,16,17,18);1H,(H4,6,7,8,9,10,11)/t4-,6-,7-,8-;/m1./s1. The number of ether oxygens (including phenoxy) is 1. The number of aliphatic hydroxyl groups is 2. The highest BCUT2D eigenvalue weighted by molar-refractivity contribution is 7.46. The molecule has 4 atom stereocenters. The van der Waals surface area contributed by atoms with E-state index < -0.39 is 50.2 Å². The zero-order chi connectivity index (χ0) is 23.6. The predicted octanol–water partition coefficient (Wildman–Crippen LogP) is -3.51. The van der Waals surface area contributed by atoms with Crippen LogP contribution in [0.25, 0.3) is 11.2 Å². The fourth-order valence-corrected chi connectivity index (χ4v) is 3.45. The van der Waals surface area contributed by atoms with Crippen molar-refractivity contribution in [3.8, 4) is 0 Å². The monoisotopic (exact) mass is 475 g/mol. The molecule has 18 heteroatoms. The summed E-state index contributed by atoms with van der Waals surface area (Å²) in [6.45, 7) is -0.698. The molecule has 3 aromatic rings. The van der Waals surface area contributed by atoms with Gasteiger partial charge in [0.05, 0.1) is 12.9 Å². The molecule has 0 radical (unpaired) electrons. The van der Waals surface area contributed by atoms with Crippen LogP contribution in [0, 0.1) is 0 Å². The molecule has 17 nitrogen and oxygen atoms in total. The number of hydrogen-bond acceptors (Lipinski definition) is 11. The highest BCUT2D eigenvalue weighted by atomic mass is 31.2. The van der Waals surface area contributed by atoms with Crippen LogP contribution in [0.2, 0.25) is 0 Å². The Balaban J connectivity index is 0.000000219. The number of nitrogens with zero attached hydrogens (tertiary/aromatic N) is 3. The van der Waals surface area contributed by atoms with E-state index in [0.29, 0.717) is 11.2 Å². The topological polar surface area (TPSA) is 272 Å². The second-order valence-corrected chi connectivity index (χ2v) is 7.56. The summed E-state index contributed by atoms with van der Waals surface area (Å²) in [5.41, 5.74) is 4.10. The molecule has 3 aromatic heterocycles. The van der Waals surface area contributed by atoms with Crippen molar-refractivity contribution in [3.05, 3.63) is 49.8 Å². The normalized spacial score (nSPS) is 23.1. The minimum absolute atomic E-state index is 0.0783. The summed E-state index contributed by atoms with van der Waals surface area (Å²) < 4.78 is 21.2. The van der Waals surface area contributed by atoms with Crippen molar-refractivity contribution in [2.45, 2.75) is 24.5 Å². The largest absolute Gasteiger partial charge is 0.470 e. The van der Waals surface area contributed by atoms with Crippen molar-refractivity contribution >= 4 is 24.9 Å². The van der Waals surface area contributed by atoms with Gasteiger partial charge in [0.15, 0.2) is 17.4 Å². The number of aromatic nitrogens is 6. The van der Waals surface area contributed by atoms with Crippen LogP contribution in [0.5, 0.6) is 0 Å². The van der Waals surface area contributed by atoms with Gasteiger partial charge in [0.25, 0.3) is 11.1 Å². The van der Waals surface area contributed by atoms with Gasteiger partial charge in [-0.1, -0.05) is 0 Å². The lowest BCUT2D eigenvalue weighted by molar-refractivity contribution is -0.0549. The van der Waals surface area contributed by atoms with Gasteiger partial charge in [-0.25, -0.2) is 14.3 Å². The summed E-state index contributed by atoms with van der Waals surface area (Å²) in [4.78, 5) is 65.6. The molecule has 0 spiro atoms. The lowest BCUT2D eigenvalue weighted by Gasteiger charge is -2.20. The second-order valence-electron chi connectivity index (χ2n) is 6.37. The van der Waals surface area contributed by atoms with Crippen LogP contribution in [0.1, 0.15) is 6.23 Å². The van der Waals surface area contributed by atoms with E-state index >= 15 is 0 Å². The number of H-pyrrole nitrogens is 3. The number of imidazole rings is 1. The van der Waals surface area contributed by atoms with Crippen LogP contribution < -0.4 is 22.5 Å². The number of phosphoric acid groups is 1. The van der Waals surface area contributed by atoms with E-state index in [1.165, 1.54) is 6.33 Å². The number of fused-ring (bicyclic) bond motifs is 1. The highest BCUT2D eigenvalue weighted by Crippen LogP contribution is 2.43. The van der Waals surface area contributed by atoms with Crippen molar-refractivity contribution in [1.82, 2.24) is 29.5 Å². The summed E-state index contributed by atoms with van der Waals surface area (Å²) in [6, 6.07) is 1.00. The summed E-state index contributed by atoms with van der Waals surface area (Å²) >= 11 is 0. The van der Waals surface area contributed by atoms with E-state index in [9.17, 15) is 24.1 Å². The van der Waals surface area contributed by atoms with Crippen molar-refractivity contribution < 1.29 is 33.8 Å². The predicted molar refractivity (Wildman–Crippen MR) is 104 cm³/mol. The van der Waals surface area contributed by atoms with Gasteiger partial charge in [-0.2, -0.15) is 4.98 Å². The third kappa shape index (κ3) is 5.17. The molecule has 0 bridgehead atoms.